The van der Waals surface area contributed by atoms with Crippen molar-refractivity contribution in [2.75, 3.05) is 0 Å². The van der Waals surface area contributed by atoms with Crippen LogP contribution in [0.5, 0.6) is 0 Å². The number of aliphatic carboxylic acids is 1. The number of carboxylic acid groups (broad SMARTS) is 1. The maximum atomic E-state index is 10.6. The maximum absolute atomic E-state index is 10.6. The predicted molar refractivity (Wildman–Crippen MR) is 65.7 cm³/mol. The first-order valence-corrected chi connectivity index (χ1v) is 5.79. The van der Waals surface area contributed by atoms with Crippen LogP contribution in [0.3, 0.4) is 0 Å². The zero-order valence-corrected chi connectivity index (χ0v) is 10.2. The third kappa shape index (κ3) is 4.05. The van der Waals surface area contributed by atoms with E-state index in [4.69, 9.17) is 5.11 Å². The van der Waals surface area contributed by atoms with Gasteiger partial charge in [0.1, 0.15) is 0 Å². The van der Waals surface area contributed by atoms with Gasteiger partial charge in [-0.05, 0) is 29.4 Å². The Bertz CT molecular complexity index is 338. The van der Waals surface area contributed by atoms with Crippen LogP contribution in [-0.4, -0.2) is 11.1 Å². The summed E-state index contributed by atoms with van der Waals surface area (Å²) in [6, 6.07) is 8.30. The smallest absolute Gasteiger partial charge is 0.303 e. The molecule has 1 aromatic carbocycles. The normalized spacial score (nSPS) is 12.8. The first-order chi connectivity index (χ1) is 7.49. The van der Waals surface area contributed by atoms with Gasteiger partial charge in [0.2, 0.25) is 0 Å². The second-order valence-electron chi connectivity index (χ2n) is 4.84. The lowest BCUT2D eigenvalue weighted by molar-refractivity contribution is -0.137. The third-order valence-electron chi connectivity index (χ3n) is 2.67. The average molecular weight is 220 g/mol. The lowest BCUT2D eigenvalue weighted by Gasteiger charge is -2.10. The van der Waals surface area contributed by atoms with E-state index in [0.29, 0.717) is 5.92 Å². The second-order valence-corrected chi connectivity index (χ2v) is 4.84. The summed E-state index contributed by atoms with van der Waals surface area (Å²) in [7, 11) is 0. The zero-order valence-electron chi connectivity index (χ0n) is 10.2. The van der Waals surface area contributed by atoms with Crippen LogP contribution in [0.1, 0.15) is 44.2 Å². The van der Waals surface area contributed by atoms with E-state index in [1.807, 2.05) is 19.1 Å². The van der Waals surface area contributed by atoms with E-state index in [0.717, 1.165) is 12.0 Å². The molecule has 0 radical (unpaired) electrons. The largest absolute Gasteiger partial charge is 0.481 e. The molecule has 0 unspecified atom stereocenters. The van der Waals surface area contributed by atoms with E-state index >= 15 is 0 Å². The fraction of sp³-hybridized carbons (Fsp3) is 0.500. The van der Waals surface area contributed by atoms with Crippen LogP contribution >= 0.6 is 0 Å². The quantitative estimate of drug-likeness (QED) is 0.825. The van der Waals surface area contributed by atoms with Gasteiger partial charge in [0.15, 0.2) is 0 Å². The Kier molecular flexibility index (Phi) is 4.53. The molecular weight excluding hydrogens is 200 g/mol. The van der Waals surface area contributed by atoms with Gasteiger partial charge in [-0.3, -0.25) is 4.79 Å². The minimum Gasteiger partial charge on any atom is -0.481 e. The van der Waals surface area contributed by atoms with E-state index in [2.05, 4.69) is 26.0 Å². The van der Waals surface area contributed by atoms with Crippen molar-refractivity contribution in [1.82, 2.24) is 0 Å². The Hall–Kier alpha value is -1.31. The van der Waals surface area contributed by atoms with Crippen molar-refractivity contribution in [1.29, 1.82) is 0 Å². The molecule has 1 N–H and O–H groups in total. The summed E-state index contributed by atoms with van der Waals surface area (Å²) in [4.78, 5) is 10.6. The summed E-state index contributed by atoms with van der Waals surface area (Å²) in [5.41, 5.74) is 2.43. The summed E-state index contributed by atoms with van der Waals surface area (Å²) >= 11 is 0. The van der Waals surface area contributed by atoms with Gasteiger partial charge in [0, 0.05) is 0 Å². The van der Waals surface area contributed by atoms with Crippen molar-refractivity contribution in [3.05, 3.63) is 35.4 Å². The van der Waals surface area contributed by atoms with Gasteiger partial charge in [0.25, 0.3) is 0 Å². The molecule has 0 bridgehead atoms. The van der Waals surface area contributed by atoms with E-state index in [-0.39, 0.29) is 12.3 Å². The Morgan fingerprint density at radius 3 is 2.19 bits per heavy atom. The maximum Gasteiger partial charge on any atom is 0.303 e. The lowest BCUT2D eigenvalue weighted by atomic mass is 9.95. The van der Waals surface area contributed by atoms with Gasteiger partial charge in [-0.1, -0.05) is 45.0 Å². The minimum atomic E-state index is -0.737. The number of hydrogen-bond donors (Lipinski definition) is 1. The molecule has 0 heterocycles. The molecule has 0 aliphatic rings. The van der Waals surface area contributed by atoms with Crippen molar-refractivity contribution in [2.45, 2.75) is 39.5 Å². The minimum absolute atomic E-state index is 0.0885. The summed E-state index contributed by atoms with van der Waals surface area (Å²) in [6.45, 7) is 6.34. The topological polar surface area (TPSA) is 37.3 Å². The van der Waals surface area contributed by atoms with E-state index in [1.165, 1.54) is 5.56 Å². The molecule has 0 aliphatic heterocycles. The molecule has 1 aromatic rings. The van der Waals surface area contributed by atoms with Crippen LogP contribution in [0, 0.1) is 5.92 Å². The first kappa shape index (κ1) is 12.8. The van der Waals surface area contributed by atoms with Crippen LogP contribution in [-0.2, 0) is 11.2 Å². The Labute approximate surface area is 97.3 Å². The predicted octanol–water partition coefficient (Wildman–Crippen LogP) is 3.46. The van der Waals surface area contributed by atoms with Crippen LogP contribution in [0.2, 0.25) is 0 Å². The number of hydrogen-bond acceptors (Lipinski definition) is 1. The lowest BCUT2D eigenvalue weighted by Crippen LogP contribution is -2.03. The Morgan fingerprint density at radius 2 is 1.75 bits per heavy atom. The van der Waals surface area contributed by atoms with Crippen molar-refractivity contribution in [2.24, 2.45) is 5.92 Å². The fourth-order valence-corrected chi connectivity index (χ4v) is 1.83. The van der Waals surface area contributed by atoms with E-state index < -0.39 is 5.97 Å². The van der Waals surface area contributed by atoms with Crippen molar-refractivity contribution in [3.8, 4) is 0 Å². The third-order valence-corrected chi connectivity index (χ3v) is 2.67. The SMILES string of the molecule is CC(C)Cc1ccc([C@@H](C)CC(=O)O)cc1. The van der Waals surface area contributed by atoms with Gasteiger partial charge < -0.3 is 5.11 Å². The molecule has 1 atom stereocenters. The van der Waals surface area contributed by atoms with Crippen molar-refractivity contribution in [3.63, 3.8) is 0 Å². The number of carboxylic acids is 1. The van der Waals surface area contributed by atoms with Crippen LogP contribution in [0.4, 0.5) is 0 Å². The highest BCUT2D eigenvalue weighted by molar-refractivity contribution is 5.67. The highest BCUT2D eigenvalue weighted by Gasteiger charge is 2.09. The van der Waals surface area contributed by atoms with Crippen LogP contribution < -0.4 is 0 Å². The van der Waals surface area contributed by atoms with E-state index in [1.54, 1.807) is 0 Å². The molecule has 0 amide bonds. The van der Waals surface area contributed by atoms with Gasteiger partial charge in [-0.2, -0.15) is 0 Å². The summed E-state index contributed by atoms with van der Waals surface area (Å²) in [6.07, 6.45) is 1.27. The zero-order chi connectivity index (χ0) is 12.1. The molecule has 0 aromatic heterocycles. The molecule has 0 spiro atoms. The standard InChI is InChI=1S/C14H20O2/c1-10(2)8-12-4-6-13(7-5-12)11(3)9-14(15)16/h4-7,10-11H,8-9H2,1-3H3,(H,15,16)/t11-/m0/s1. The molecular formula is C14H20O2. The molecule has 0 saturated heterocycles. The molecule has 88 valence electrons. The summed E-state index contributed by atoms with van der Waals surface area (Å²) < 4.78 is 0. The summed E-state index contributed by atoms with van der Waals surface area (Å²) in [5.74, 6) is 0.00616. The van der Waals surface area contributed by atoms with Crippen LogP contribution in [0.25, 0.3) is 0 Å². The monoisotopic (exact) mass is 220 g/mol. The number of carbonyl (C=O) groups is 1. The van der Waals surface area contributed by atoms with Gasteiger partial charge >= 0.3 is 5.97 Å². The number of rotatable bonds is 5. The number of benzene rings is 1. The fourth-order valence-electron chi connectivity index (χ4n) is 1.83. The van der Waals surface area contributed by atoms with Crippen molar-refractivity contribution < 1.29 is 9.90 Å². The molecule has 0 fully saturated rings. The molecule has 2 heteroatoms. The second kappa shape index (κ2) is 5.69. The van der Waals surface area contributed by atoms with Crippen molar-refractivity contribution >= 4 is 5.97 Å². The molecule has 2 nitrogen and oxygen atoms in total. The molecule has 1 rings (SSSR count). The van der Waals surface area contributed by atoms with Gasteiger partial charge in [-0.25, -0.2) is 0 Å². The van der Waals surface area contributed by atoms with Gasteiger partial charge in [0.05, 0.1) is 6.42 Å². The Balaban J connectivity index is 2.66. The highest BCUT2D eigenvalue weighted by Crippen LogP contribution is 2.20. The summed E-state index contributed by atoms with van der Waals surface area (Å²) in [5, 5.41) is 8.72. The molecule has 0 aliphatic carbocycles. The van der Waals surface area contributed by atoms with Gasteiger partial charge in [-0.15, -0.1) is 0 Å². The molecule has 0 saturated carbocycles. The first-order valence-electron chi connectivity index (χ1n) is 5.79. The molecule has 16 heavy (non-hydrogen) atoms. The Morgan fingerprint density at radius 1 is 1.19 bits per heavy atom. The average Bonchev–Trinajstić information content (AvgIpc) is 2.16. The van der Waals surface area contributed by atoms with E-state index in [9.17, 15) is 4.79 Å². The highest BCUT2D eigenvalue weighted by atomic mass is 16.4. The van der Waals surface area contributed by atoms with Crippen LogP contribution in [0.15, 0.2) is 24.3 Å².